The number of fused-ring (bicyclic) bond motifs is 1. The highest BCUT2D eigenvalue weighted by Crippen LogP contribution is 2.39. The van der Waals surface area contributed by atoms with Gasteiger partial charge in [-0.05, 0) is 37.0 Å². The van der Waals surface area contributed by atoms with Crippen molar-refractivity contribution in [2.24, 2.45) is 5.73 Å². The Hall–Kier alpha value is -3.07. The van der Waals surface area contributed by atoms with Crippen LogP contribution >= 0.6 is 11.3 Å². The number of nitrogens with one attached hydrogen (secondary N) is 2. The predicted molar refractivity (Wildman–Crippen MR) is 101 cm³/mol. The summed E-state index contributed by atoms with van der Waals surface area (Å²) in [5.74, 6) is -0.0830. The quantitative estimate of drug-likeness (QED) is 0.725. The lowest BCUT2D eigenvalue weighted by atomic mass is 10.1. The van der Waals surface area contributed by atoms with Gasteiger partial charge < -0.3 is 20.5 Å². The molecule has 0 fully saturated rings. The first kappa shape index (κ1) is 18.7. The van der Waals surface area contributed by atoms with Crippen LogP contribution in [0.1, 0.15) is 37.6 Å². The monoisotopic (exact) mass is 389 g/mol. The van der Waals surface area contributed by atoms with E-state index >= 15 is 0 Å². The lowest BCUT2D eigenvalue weighted by Crippen LogP contribution is -2.35. The molecule has 1 aromatic carbocycles. The number of primary amides is 1. The summed E-state index contributed by atoms with van der Waals surface area (Å²) >= 11 is 1.34. The Kier molecular flexibility index (Phi) is 5.31. The molecule has 0 aliphatic heterocycles. The Balaban J connectivity index is 1.93. The molecule has 9 heteroatoms. The van der Waals surface area contributed by atoms with Gasteiger partial charge in [0.15, 0.2) is 0 Å². The van der Waals surface area contributed by atoms with Crippen molar-refractivity contribution in [3.63, 3.8) is 0 Å². The topological polar surface area (TPSA) is 120 Å². The van der Waals surface area contributed by atoms with Gasteiger partial charge in [-0.25, -0.2) is 4.79 Å². The van der Waals surface area contributed by atoms with E-state index in [4.69, 9.17) is 15.2 Å². The number of carbonyl (C=O) groups excluding carboxylic acids is 3. The Morgan fingerprint density at radius 3 is 2.30 bits per heavy atom. The summed E-state index contributed by atoms with van der Waals surface area (Å²) in [7, 11) is 2.99. The normalized spacial score (nSPS) is 12.2. The highest BCUT2D eigenvalue weighted by atomic mass is 32.1. The zero-order valence-electron chi connectivity index (χ0n) is 14.9. The van der Waals surface area contributed by atoms with Crippen LogP contribution in [0.15, 0.2) is 18.2 Å². The zero-order valence-corrected chi connectivity index (χ0v) is 15.7. The predicted octanol–water partition coefficient (Wildman–Crippen LogP) is 2.31. The zero-order chi connectivity index (χ0) is 19.6. The number of rotatable bonds is 5. The first-order valence-corrected chi connectivity index (χ1v) is 9.04. The van der Waals surface area contributed by atoms with Crippen LogP contribution in [0.4, 0.5) is 9.80 Å². The summed E-state index contributed by atoms with van der Waals surface area (Å²) in [5, 5.41) is 5.24. The lowest BCUT2D eigenvalue weighted by molar-refractivity contribution is 0.0966. The van der Waals surface area contributed by atoms with Crippen LogP contribution in [-0.4, -0.2) is 32.1 Å². The Labute approximate surface area is 159 Å². The van der Waals surface area contributed by atoms with Crippen molar-refractivity contribution in [3.8, 4) is 11.5 Å². The summed E-state index contributed by atoms with van der Waals surface area (Å²) in [4.78, 5) is 37.3. The fraction of sp³-hybridized carbons (Fsp3) is 0.278. The molecule has 2 aromatic rings. The maximum absolute atomic E-state index is 12.7. The van der Waals surface area contributed by atoms with Crippen molar-refractivity contribution in [2.45, 2.75) is 19.3 Å². The van der Waals surface area contributed by atoms with Gasteiger partial charge in [-0.3, -0.25) is 14.9 Å². The summed E-state index contributed by atoms with van der Waals surface area (Å²) in [6.45, 7) is 0. The van der Waals surface area contributed by atoms with E-state index in [0.717, 1.165) is 29.7 Å². The molecule has 4 amide bonds. The average molecular weight is 389 g/mol. The van der Waals surface area contributed by atoms with Crippen LogP contribution in [0.3, 0.4) is 0 Å². The molecule has 0 saturated carbocycles. The number of amides is 4. The Bertz CT molecular complexity index is 900. The summed E-state index contributed by atoms with van der Waals surface area (Å²) in [6, 6.07) is 3.86. The van der Waals surface area contributed by atoms with Gasteiger partial charge in [-0.1, -0.05) is 0 Å². The van der Waals surface area contributed by atoms with E-state index in [-0.39, 0.29) is 0 Å². The molecule has 142 valence electrons. The fourth-order valence-corrected chi connectivity index (χ4v) is 4.30. The smallest absolute Gasteiger partial charge is 0.319 e. The molecule has 8 nitrogen and oxygen atoms in total. The van der Waals surface area contributed by atoms with Crippen LogP contribution in [0.5, 0.6) is 11.5 Å². The van der Waals surface area contributed by atoms with Gasteiger partial charge in [0.25, 0.3) is 11.8 Å². The van der Waals surface area contributed by atoms with E-state index in [1.807, 2.05) is 0 Å². The van der Waals surface area contributed by atoms with Crippen molar-refractivity contribution < 1.29 is 23.9 Å². The maximum atomic E-state index is 12.7. The minimum absolute atomic E-state index is 0.300. The van der Waals surface area contributed by atoms with Crippen molar-refractivity contribution >= 4 is 34.2 Å². The second kappa shape index (κ2) is 7.67. The van der Waals surface area contributed by atoms with E-state index in [1.54, 1.807) is 18.2 Å². The van der Waals surface area contributed by atoms with E-state index in [1.165, 1.54) is 25.6 Å². The van der Waals surface area contributed by atoms with Crippen LogP contribution < -0.4 is 25.8 Å². The first-order valence-electron chi connectivity index (χ1n) is 8.22. The van der Waals surface area contributed by atoms with Crippen LogP contribution in [-0.2, 0) is 12.8 Å². The van der Waals surface area contributed by atoms with Gasteiger partial charge in [0.1, 0.15) is 16.5 Å². The van der Waals surface area contributed by atoms with Crippen molar-refractivity contribution in [1.29, 1.82) is 0 Å². The largest absolute Gasteiger partial charge is 0.497 e. The molecule has 0 saturated heterocycles. The minimum atomic E-state index is -0.937. The Morgan fingerprint density at radius 1 is 1.04 bits per heavy atom. The number of hydrogen-bond acceptors (Lipinski definition) is 6. The number of thiophene rings is 1. The molecule has 4 N–H and O–H groups in total. The van der Waals surface area contributed by atoms with Crippen LogP contribution in [0.2, 0.25) is 0 Å². The van der Waals surface area contributed by atoms with E-state index in [0.29, 0.717) is 27.6 Å². The van der Waals surface area contributed by atoms with Gasteiger partial charge in [0.05, 0.1) is 19.8 Å². The number of urea groups is 1. The first-order chi connectivity index (χ1) is 12.9. The molecule has 1 aliphatic rings. The summed E-state index contributed by atoms with van der Waals surface area (Å²) in [5.41, 5.74) is 6.55. The lowest BCUT2D eigenvalue weighted by Gasteiger charge is -2.10. The van der Waals surface area contributed by atoms with Crippen LogP contribution in [0, 0.1) is 0 Å². The number of imide groups is 1. The third kappa shape index (κ3) is 3.87. The molecule has 27 heavy (non-hydrogen) atoms. The highest BCUT2D eigenvalue weighted by Gasteiger charge is 2.28. The molecule has 0 spiro atoms. The Morgan fingerprint density at radius 2 is 1.70 bits per heavy atom. The van der Waals surface area contributed by atoms with Gasteiger partial charge in [-0.15, -0.1) is 11.3 Å². The number of nitrogens with two attached hydrogens (primary N) is 1. The minimum Gasteiger partial charge on any atom is -0.497 e. The van der Waals surface area contributed by atoms with E-state index in [2.05, 4.69) is 10.6 Å². The average Bonchev–Trinajstić information content (AvgIpc) is 3.20. The molecule has 0 unspecified atom stereocenters. The van der Waals surface area contributed by atoms with E-state index in [9.17, 15) is 14.4 Å². The van der Waals surface area contributed by atoms with Gasteiger partial charge in [-0.2, -0.15) is 0 Å². The number of methoxy groups -OCH3 is 2. The molecule has 1 heterocycles. The molecule has 0 atom stereocenters. The van der Waals surface area contributed by atoms with Crippen molar-refractivity contribution in [2.75, 3.05) is 19.5 Å². The number of carbonyl (C=O) groups is 3. The number of hydrogen-bond donors (Lipinski definition) is 3. The molecular formula is C18H19N3O5S. The molecule has 1 aliphatic carbocycles. The third-order valence-electron chi connectivity index (χ3n) is 4.23. The number of ether oxygens (including phenoxy) is 2. The van der Waals surface area contributed by atoms with Crippen molar-refractivity contribution in [1.82, 2.24) is 5.32 Å². The number of aryl methyl sites for hydroxylation is 1. The molecular weight excluding hydrogens is 370 g/mol. The van der Waals surface area contributed by atoms with Gasteiger partial charge in [0, 0.05) is 16.5 Å². The standard InChI is InChI=1S/C18H19N3O5S/c1-25-10-6-9(7-11(8-10)26-2)15(22)20-17-14(16(23)21-18(19)24)12-4-3-5-13(12)27-17/h6-8H,3-5H2,1-2H3,(H,20,22)(H3,19,21,23,24). The van der Waals surface area contributed by atoms with E-state index < -0.39 is 17.8 Å². The number of benzene rings is 1. The van der Waals surface area contributed by atoms with Crippen LogP contribution in [0.25, 0.3) is 0 Å². The number of anilines is 1. The molecule has 0 radical (unpaired) electrons. The second-order valence-corrected chi connectivity index (χ2v) is 7.04. The second-order valence-electron chi connectivity index (χ2n) is 5.94. The molecule has 0 bridgehead atoms. The molecule has 1 aromatic heterocycles. The fourth-order valence-electron chi connectivity index (χ4n) is 3.02. The third-order valence-corrected chi connectivity index (χ3v) is 5.43. The van der Waals surface area contributed by atoms with Gasteiger partial charge in [0.2, 0.25) is 0 Å². The van der Waals surface area contributed by atoms with Gasteiger partial charge >= 0.3 is 6.03 Å². The summed E-state index contributed by atoms with van der Waals surface area (Å²) in [6.07, 6.45) is 2.48. The maximum Gasteiger partial charge on any atom is 0.319 e. The highest BCUT2D eigenvalue weighted by molar-refractivity contribution is 7.17. The SMILES string of the molecule is COc1cc(OC)cc(C(=O)Nc2sc3c(c2C(=O)NC(N)=O)CCC3)c1. The van der Waals surface area contributed by atoms with Crippen molar-refractivity contribution in [3.05, 3.63) is 39.8 Å². The molecule has 3 rings (SSSR count). The summed E-state index contributed by atoms with van der Waals surface area (Å²) < 4.78 is 10.4.